The van der Waals surface area contributed by atoms with Crippen LogP contribution < -0.4 is 19.9 Å². The monoisotopic (exact) mass is 563 g/mol. The third kappa shape index (κ3) is 5.67. The van der Waals surface area contributed by atoms with E-state index in [2.05, 4.69) is 15.1 Å². The third-order valence-corrected chi connectivity index (χ3v) is 7.65. The molecule has 0 atom stereocenters. The summed E-state index contributed by atoms with van der Waals surface area (Å²) in [6, 6.07) is 17.1. The van der Waals surface area contributed by atoms with Crippen LogP contribution in [0.3, 0.4) is 0 Å². The Balaban J connectivity index is 1.38. The second-order valence-corrected chi connectivity index (χ2v) is 10.2. The van der Waals surface area contributed by atoms with Crippen LogP contribution in [0.4, 0.5) is 22.7 Å². The Morgan fingerprint density at radius 1 is 0.900 bits per heavy atom. The summed E-state index contributed by atoms with van der Waals surface area (Å²) in [5.74, 6) is 0.224. The van der Waals surface area contributed by atoms with Gasteiger partial charge in [0.25, 0.3) is 17.5 Å². The number of hydrogen-bond acceptors (Lipinski definition) is 7. The fourth-order valence-electron chi connectivity index (χ4n) is 5.23. The smallest absolute Gasteiger partial charge is 0.288 e. The highest BCUT2D eigenvalue weighted by Crippen LogP contribution is 2.32. The number of methoxy groups -OCH3 is 1. The number of hydrogen-bond donors (Lipinski definition) is 1. The van der Waals surface area contributed by atoms with Crippen molar-refractivity contribution in [2.45, 2.75) is 12.8 Å². The van der Waals surface area contributed by atoms with Gasteiger partial charge in [-0.2, -0.15) is 0 Å². The molecule has 1 N–H and O–H groups in total. The summed E-state index contributed by atoms with van der Waals surface area (Å²) in [5.41, 5.74) is 2.56. The Morgan fingerprint density at radius 2 is 1.57 bits per heavy atom. The van der Waals surface area contributed by atoms with Crippen molar-refractivity contribution in [1.29, 1.82) is 0 Å². The number of ether oxygens (including phenoxy) is 1. The number of nitro benzene ring substituents is 1. The van der Waals surface area contributed by atoms with E-state index in [0.717, 1.165) is 49.1 Å². The molecule has 2 fully saturated rings. The number of benzene rings is 3. The number of nitrogens with zero attached hydrogens (tertiary/aromatic N) is 4. The van der Waals surface area contributed by atoms with Crippen molar-refractivity contribution in [3.05, 3.63) is 86.9 Å². The molecule has 0 radical (unpaired) electrons. The molecule has 0 aliphatic carbocycles. The Morgan fingerprint density at radius 3 is 2.25 bits per heavy atom. The maximum absolute atomic E-state index is 13.6. The molecule has 10 nitrogen and oxygen atoms in total. The maximum atomic E-state index is 13.6. The second kappa shape index (κ2) is 11.8. The van der Waals surface area contributed by atoms with Crippen LogP contribution in [0, 0.1) is 10.1 Å². The number of halogens is 1. The first-order valence-corrected chi connectivity index (χ1v) is 13.5. The van der Waals surface area contributed by atoms with Crippen molar-refractivity contribution in [2.75, 3.05) is 61.5 Å². The van der Waals surface area contributed by atoms with Gasteiger partial charge in [-0.15, -0.1) is 0 Å². The Hall–Kier alpha value is -4.31. The molecule has 5 rings (SSSR count). The number of carbonyl (C=O) groups is 2. The van der Waals surface area contributed by atoms with Crippen LogP contribution in [-0.4, -0.2) is 68.0 Å². The number of nitrogens with one attached hydrogen (secondary N) is 1. The molecule has 208 valence electrons. The fraction of sp³-hybridized carbons (Fsp3) is 0.310. The van der Waals surface area contributed by atoms with Gasteiger partial charge in [0.2, 0.25) is 0 Å². The highest BCUT2D eigenvalue weighted by atomic mass is 35.5. The van der Waals surface area contributed by atoms with Crippen molar-refractivity contribution in [2.24, 2.45) is 0 Å². The lowest BCUT2D eigenvalue weighted by atomic mass is 10.1. The summed E-state index contributed by atoms with van der Waals surface area (Å²) in [5, 5.41) is 14.0. The highest BCUT2D eigenvalue weighted by molar-refractivity contribution is 6.32. The van der Waals surface area contributed by atoms with E-state index in [1.807, 2.05) is 35.2 Å². The minimum atomic E-state index is -0.631. The molecule has 2 aliphatic heterocycles. The van der Waals surface area contributed by atoms with Gasteiger partial charge in [-0.25, -0.2) is 0 Å². The molecular weight excluding hydrogens is 534 g/mol. The predicted molar refractivity (Wildman–Crippen MR) is 155 cm³/mol. The lowest BCUT2D eigenvalue weighted by molar-refractivity contribution is -0.384. The van der Waals surface area contributed by atoms with Crippen molar-refractivity contribution < 1.29 is 19.2 Å². The molecular formula is C29H30ClN5O5. The topological polar surface area (TPSA) is 108 Å². The van der Waals surface area contributed by atoms with Gasteiger partial charge in [0, 0.05) is 62.3 Å². The average Bonchev–Trinajstić information content (AvgIpc) is 3.52. The zero-order chi connectivity index (χ0) is 28.2. The molecule has 0 saturated carbocycles. The summed E-state index contributed by atoms with van der Waals surface area (Å²) in [4.78, 5) is 43.5. The average molecular weight is 564 g/mol. The Kier molecular flexibility index (Phi) is 8.06. The van der Waals surface area contributed by atoms with Gasteiger partial charge in [-0.1, -0.05) is 23.7 Å². The van der Waals surface area contributed by atoms with Crippen LogP contribution in [-0.2, 0) is 0 Å². The molecule has 0 spiro atoms. The van der Waals surface area contributed by atoms with Crippen molar-refractivity contribution in [1.82, 2.24) is 4.90 Å². The quantitative estimate of drug-likeness (QED) is 0.316. The van der Waals surface area contributed by atoms with E-state index in [-0.39, 0.29) is 22.2 Å². The van der Waals surface area contributed by atoms with Crippen LogP contribution >= 0.6 is 11.6 Å². The Labute approximate surface area is 237 Å². The van der Waals surface area contributed by atoms with Gasteiger partial charge in [0.1, 0.15) is 10.8 Å². The third-order valence-electron chi connectivity index (χ3n) is 7.33. The number of anilines is 3. The molecule has 2 aliphatic rings. The van der Waals surface area contributed by atoms with E-state index in [0.29, 0.717) is 37.4 Å². The van der Waals surface area contributed by atoms with Crippen LogP contribution in [0.5, 0.6) is 5.75 Å². The summed E-state index contributed by atoms with van der Waals surface area (Å²) in [7, 11) is 1.67. The van der Waals surface area contributed by atoms with Crippen LogP contribution in [0.1, 0.15) is 33.6 Å². The summed E-state index contributed by atoms with van der Waals surface area (Å²) in [6.07, 6.45) is 1.93. The number of amides is 2. The highest BCUT2D eigenvalue weighted by Gasteiger charge is 2.27. The van der Waals surface area contributed by atoms with Crippen molar-refractivity contribution >= 4 is 46.2 Å². The molecule has 2 saturated heterocycles. The van der Waals surface area contributed by atoms with Crippen LogP contribution in [0.15, 0.2) is 60.7 Å². The van der Waals surface area contributed by atoms with Crippen LogP contribution in [0.25, 0.3) is 0 Å². The number of carbonyl (C=O) groups excluding carboxylic acids is 2. The molecule has 2 heterocycles. The minimum absolute atomic E-state index is 0.0461. The Bertz CT molecular complexity index is 1430. The zero-order valence-electron chi connectivity index (χ0n) is 22.1. The molecule has 11 heteroatoms. The molecule has 0 unspecified atom stereocenters. The van der Waals surface area contributed by atoms with E-state index >= 15 is 0 Å². The number of nitro groups is 1. The number of rotatable bonds is 7. The van der Waals surface area contributed by atoms with E-state index in [1.54, 1.807) is 19.2 Å². The van der Waals surface area contributed by atoms with Gasteiger partial charge in [0.15, 0.2) is 0 Å². The largest absolute Gasteiger partial charge is 0.495 e. The lowest BCUT2D eigenvalue weighted by Gasteiger charge is -2.38. The van der Waals surface area contributed by atoms with E-state index in [1.165, 1.54) is 12.1 Å². The SMILES string of the molecule is COc1ccccc1N1CCN(c2ccc(NC(=O)c3ccc(Cl)c([N+](=O)[O-])c3)cc2C(=O)N2CCCC2)CC1. The number of likely N-dealkylation sites (tertiary alicyclic amines) is 1. The maximum Gasteiger partial charge on any atom is 0.288 e. The molecule has 3 aromatic carbocycles. The molecule has 0 bridgehead atoms. The van der Waals surface area contributed by atoms with Crippen molar-refractivity contribution in [3.63, 3.8) is 0 Å². The summed E-state index contributed by atoms with van der Waals surface area (Å²) < 4.78 is 5.54. The van der Waals surface area contributed by atoms with Gasteiger partial charge in [-0.05, 0) is 55.3 Å². The number of para-hydroxylation sites is 2. The molecule has 3 aromatic rings. The van der Waals surface area contributed by atoms with E-state index < -0.39 is 10.8 Å². The molecule has 2 amide bonds. The van der Waals surface area contributed by atoms with E-state index in [9.17, 15) is 19.7 Å². The van der Waals surface area contributed by atoms with E-state index in [4.69, 9.17) is 16.3 Å². The van der Waals surface area contributed by atoms with Crippen molar-refractivity contribution in [3.8, 4) is 5.75 Å². The molecule has 0 aromatic heterocycles. The minimum Gasteiger partial charge on any atom is -0.495 e. The normalized spacial score (nSPS) is 15.2. The van der Waals surface area contributed by atoms with Gasteiger partial charge in [0.05, 0.1) is 23.3 Å². The lowest BCUT2D eigenvalue weighted by Crippen LogP contribution is -2.47. The standard InChI is InChI=1S/C29H30ClN5O5/c1-40-27-7-3-2-6-25(27)33-16-14-32(15-17-33)24-11-9-21(19-22(24)29(37)34-12-4-5-13-34)31-28(36)20-8-10-23(30)26(18-20)35(38)39/h2-3,6-11,18-19H,4-5,12-17H2,1H3,(H,31,36). The van der Waals surface area contributed by atoms with Gasteiger partial charge < -0.3 is 24.8 Å². The first-order valence-electron chi connectivity index (χ1n) is 13.2. The summed E-state index contributed by atoms with van der Waals surface area (Å²) >= 11 is 5.89. The summed E-state index contributed by atoms with van der Waals surface area (Å²) in [6.45, 7) is 4.32. The number of piperazine rings is 1. The predicted octanol–water partition coefficient (Wildman–Crippen LogP) is 5.07. The molecule has 40 heavy (non-hydrogen) atoms. The first-order chi connectivity index (χ1) is 19.4. The second-order valence-electron chi connectivity index (χ2n) is 9.75. The van der Waals surface area contributed by atoms with Gasteiger partial charge in [-0.3, -0.25) is 19.7 Å². The zero-order valence-corrected chi connectivity index (χ0v) is 22.9. The fourth-order valence-corrected chi connectivity index (χ4v) is 5.41. The van der Waals surface area contributed by atoms with Crippen LogP contribution in [0.2, 0.25) is 5.02 Å². The first kappa shape index (κ1) is 27.3. The van der Waals surface area contributed by atoms with Gasteiger partial charge >= 0.3 is 0 Å².